The van der Waals surface area contributed by atoms with E-state index in [1.54, 1.807) is 0 Å². The number of aromatic amines is 1. The Balaban J connectivity index is 1.90. The summed E-state index contributed by atoms with van der Waals surface area (Å²) in [5.41, 5.74) is 5.03. The number of aromatic nitrogens is 3. The second-order valence-electron chi connectivity index (χ2n) is 4.50. The molecule has 0 unspecified atom stereocenters. The molecule has 1 saturated carbocycles. The highest BCUT2D eigenvalue weighted by Gasteiger charge is 2.13. The first kappa shape index (κ1) is 11.1. The highest BCUT2D eigenvalue weighted by atomic mass is 16.1. The maximum absolute atomic E-state index is 11.1. The zero-order valence-corrected chi connectivity index (χ0v) is 9.41. The molecule has 1 fully saturated rings. The van der Waals surface area contributed by atoms with Crippen LogP contribution in [0.25, 0.3) is 0 Å². The number of aryl methyl sites for hydroxylation is 1. The van der Waals surface area contributed by atoms with Crippen LogP contribution in [0.3, 0.4) is 0 Å². The van der Waals surface area contributed by atoms with Crippen LogP contribution in [0.1, 0.15) is 44.3 Å². The van der Waals surface area contributed by atoms with E-state index in [1.165, 1.54) is 32.1 Å². The predicted molar refractivity (Wildman–Crippen MR) is 62.0 cm³/mol. The highest BCUT2D eigenvalue weighted by molar-refractivity contribution is 5.12. The van der Waals surface area contributed by atoms with Crippen LogP contribution in [0.4, 0.5) is 5.95 Å². The predicted octanol–water partition coefficient (Wildman–Crippen LogP) is 1.26. The average Bonchev–Trinajstić information content (AvgIpc) is 2.27. The standard InChI is InChI=1S/C11H18N4O/c12-10-13-9(14-11(16)15-10)7-6-8-4-2-1-3-5-8/h8H,1-7H2,(H3,12,13,14,15,16). The lowest BCUT2D eigenvalue weighted by Crippen LogP contribution is -2.18. The van der Waals surface area contributed by atoms with Gasteiger partial charge in [0, 0.05) is 6.42 Å². The number of hydrogen-bond acceptors (Lipinski definition) is 4. The fraction of sp³-hybridized carbons (Fsp3) is 0.727. The largest absolute Gasteiger partial charge is 0.368 e. The zero-order valence-electron chi connectivity index (χ0n) is 9.41. The third-order valence-corrected chi connectivity index (χ3v) is 3.23. The Kier molecular flexibility index (Phi) is 3.54. The van der Waals surface area contributed by atoms with Crippen molar-refractivity contribution in [2.75, 3.05) is 5.73 Å². The summed E-state index contributed by atoms with van der Waals surface area (Å²) in [4.78, 5) is 21.2. The van der Waals surface area contributed by atoms with E-state index in [2.05, 4.69) is 15.0 Å². The number of anilines is 1. The molecular formula is C11H18N4O. The van der Waals surface area contributed by atoms with Crippen molar-refractivity contribution in [3.8, 4) is 0 Å². The lowest BCUT2D eigenvalue weighted by atomic mass is 9.86. The van der Waals surface area contributed by atoms with Gasteiger partial charge in [-0.05, 0) is 12.3 Å². The topological polar surface area (TPSA) is 84.7 Å². The third-order valence-electron chi connectivity index (χ3n) is 3.23. The van der Waals surface area contributed by atoms with Crippen LogP contribution in [0.2, 0.25) is 0 Å². The van der Waals surface area contributed by atoms with E-state index < -0.39 is 5.69 Å². The van der Waals surface area contributed by atoms with Gasteiger partial charge < -0.3 is 5.73 Å². The van der Waals surface area contributed by atoms with Crippen molar-refractivity contribution in [3.05, 3.63) is 16.3 Å². The molecule has 88 valence electrons. The van der Waals surface area contributed by atoms with Gasteiger partial charge in [0.05, 0.1) is 0 Å². The summed E-state index contributed by atoms with van der Waals surface area (Å²) < 4.78 is 0. The molecule has 0 saturated heterocycles. The first-order valence-electron chi connectivity index (χ1n) is 5.97. The number of rotatable bonds is 3. The van der Waals surface area contributed by atoms with Gasteiger partial charge in [0.25, 0.3) is 0 Å². The van der Waals surface area contributed by atoms with Crippen molar-refractivity contribution in [1.29, 1.82) is 0 Å². The zero-order chi connectivity index (χ0) is 11.4. The van der Waals surface area contributed by atoms with Crippen molar-refractivity contribution < 1.29 is 0 Å². The number of nitrogens with two attached hydrogens (primary N) is 1. The summed E-state index contributed by atoms with van der Waals surface area (Å²) >= 11 is 0. The number of nitrogen functional groups attached to an aromatic ring is 1. The third kappa shape index (κ3) is 3.05. The summed E-state index contributed by atoms with van der Waals surface area (Å²) in [5.74, 6) is 1.53. The summed E-state index contributed by atoms with van der Waals surface area (Å²) in [6.07, 6.45) is 8.56. The van der Waals surface area contributed by atoms with E-state index in [-0.39, 0.29) is 5.95 Å². The summed E-state index contributed by atoms with van der Waals surface area (Å²) in [6, 6.07) is 0. The number of H-pyrrole nitrogens is 1. The Morgan fingerprint density at radius 1 is 1.25 bits per heavy atom. The van der Waals surface area contributed by atoms with Gasteiger partial charge >= 0.3 is 5.69 Å². The first-order chi connectivity index (χ1) is 7.74. The van der Waals surface area contributed by atoms with Gasteiger partial charge in [-0.15, -0.1) is 0 Å². The average molecular weight is 222 g/mol. The van der Waals surface area contributed by atoms with Gasteiger partial charge in [-0.1, -0.05) is 32.1 Å². The molecule has 2 rings (SSSR count). The van der Waals surface area contributed by atoms with E-state index in [0.29, 0.717) is 5.82 Å². The van der Waals surface area contributed by atoms with Crippen LogP contribution >= 0.6 is 0 Å². The molecule has 5 heteroatoms. The maximum atomic E-state index is 11.1. The minimum Gasteiger partial charge on any atom is -0.368 e. The number of nitrogens with zero attached hydrogens (tertiary/aromatic N) is 2. The molecule has 5 nitrogen and oxygen atoms in total. The van der Waals surface area contributed by atoms with Crippen LogP contribution < -0.4 is 11.4 Å². The SMILES string of the molecule is Nc1nc(CCC2CCCCC2)[nH]c(=O)n1. The van der Waals surface area contributed by atoms with Crippen LogP contribution in [0.15, 0.2) is 4.79 Å². The van der Waals surface area contributed by atoms with E-state index >= 15 is 0 Å². The summed E-state index contributed by atoms with van der Waals surface area (Å²) in [5, 5.41) is 0. The second-order valence-corrected chi connectivity index (χ2v) is 4.50. The van der Waals surface area contributed by atoms with Crippen molar-refractivity contribution in [2.45, 2.75) is 44.9 Å². The van der Waals surface area contributed by atoms with Gasteiger partial charge in [-0.2, -0.15) is 9.97 Å². The Hall–Kier alpha value is -1.39. The molecule has 0 amide bonds. The van der Waals surface area contributed by atoms with Gasteiger partial charge in [0.1, 0.15) is 5.82 Å². The molecule has 16 heavy (non-hydrogen) atoms. The Labute approximate surface area is 94.5 Å². The molecule has 0 radical (unpaired) electrons. The lowest BCUT2D eigenvalue weighted by molar-refractivity contribution is 0.337. The minimum absolute atomic E-state index is 0.0717. The molecule has 0 spiro atoms. The fourth-order valence-corrected chi connectivity index (χ4v) is 2.38. The molecule has 0 aromatic carbocycles. The van der Waals surface area contributed by atoms with E-state index in [0.717, 1.165) is 18.8 Å². The van der Waals surface area contributed by atoms with Crippen LogP contribution in [-0.2, 0) is 6.42 Å². The van der Waals surface area contributed by atoms with Gasteiger partial charge in [-0.3, -0.25) is 4.98 Å². The van der Waals surface area contributed by atoms with E-state index in [4.69, 9.17) is 5.73 Å². The summed E-state index contributed by atoms with van der Waals surface area (Å²) in [6.45, 7) is 0. The van der Waals surface area contributed by atoms with Gasteiger partial charge in [0.2, 0.25) is 5.95 Å². The first-order valence-corrected chi connectivity index (χ1v) is 5.97. The normalized spacial score (nSPS) is 17.5. The summed E-state index contributed by atoms with van der Waals surface area (Å²) in [7, 11) is 0. The van der Waals surface area contributed by atoms with Crippen LogP contribution in [-0.4, -0.2) is 15.0 Å². The highest BCUT2D eigenvalue weighted by Crippen LogP contribution is 2.26. The van der Waals surface area contributed by atoms with Crippen molar-refractivity contribution in [2.24, 2.45) is 5.92 Å². The van der Waals surface area contributed by atoms with E-state index in [9.17, 15) is 4.79 Å². The maximum Gasteiger partial charge on any atom is 0.349 e. The molecule has 1 aromatic rings. The lowest BCUT2D eigenvalue weighted by Gasteiger charge is -2.20. The molecular weight excluding hydrogens is 204 g/mol. The Morgan fingerprint density at radius 3 is 2.69 bits per heavy atom. The molecule has 1 heterocycles. The quantitative estimate of drug-likeness (QED) is 0.806. The van der Waals surface area contributed by atoms with Gasteiger partial charge in [0.15, 0.2) is 0 Å². The van der Waals surface area contributed by atoms with Crippen LogP contribution in [0.5, 0.6) is 0 Å². The van der Waals surface area contributed by atoms with Crippen molar-refractivity contribution in [3.63, 3.8) is 0 Å². The second kappa shape index (κ2) is 5.09. The monoisotopic (exact) mass is 222 g/mol. The molecule has 1 aliphatic rings. The molecule has 3 N–H and O–H groups in total. The molecule has 1 aromatic heterocycles. The minimum atomic E-state index is -0.397. The van der Waals surface area contributed by atoms with Crippen molar-refractivity contribution >= 4 is 5.95 Å². The molecule has 0 bridgehead atoms. The smallest absolute Gasteiger partial charge is 0.349 e. The molecule has 1 aliphatic carbocycles. The van der Waals surface area contributed by atoms with Crippen LogP contribution in [0, 0.1) is 5.92 Å². The molecule has 0 atom stereocenters. The number of nitrogens with one attached hydrogen (secondary N) is 1. The Bertz CT molecular complexity index is 395. The van der Waals surface area contributed by atoms with E-state index in [1.807, 2.05) is 0 Å². The fourth-order valence-electron chi connectivity index (χ4n) is 2.38. The van der Waals surface area contributed by atoms with Crippen molar-refractivity contribution in [1.82, 2.24) is 15.0 Å². The Morgan fingerprint density at radius 2 is 2.00 bits per heavy atom. The van der Waals surface area contributed by atoms with Gasteiger partial charge in [-0.25, -0.2) is 4.79 Å². The number of hydrogen-bond donors (Lipinski definition) is 2. The molecule has 0 aliphatic heterocycles.